The minimum absolute atomic E-state index is 0.367. The smallest absolute Gasteiger partial charge is 0.227 e. The summed E-state index contributed by atoms with van der Waals surface area (Å²) in [7, 11) is 0. The number of benzene rings is 7. The van der Waals surface area contributed by atoms with Gasteiger partial charge in [-0.1, -0.05) is 133 Å². The maximum atomic E-state index is 6.31. The minimum atomic E-state index is -0.367. The Bertz CT molecular complexity index is 2770. The third-order valence-corrected chi connectivity index (χ3v) is 11.1. The number of oxazole rings is 1. The molecule has 0 unspecified atom stereocenters. The average molecular weight is 663 g/mol. The molecule has 242 valence electrons. The highest BCUT2D eigenvalue weighted by atomic mass is 16.3. The fraction of sp³-hybridized carbons (Fsp3) is 0.0204. The third kappa shape index (κ3) is 4.14. The van der Waals surface area contributed by atoms with E-state index in [1.165, 1.54) is 44.5 Å². The van der Waals surface area contributed by atoms with Crippen molar-refractivity contribution in [2.75, 3.05) is 0 Å². The lowest BCUT2D eigenvalue weighted by molar-refractivity contribution is 0.620. The zero-order valence-electron chi connectivity index (χ0n) is 28.1. The number of fused-ring (bicyclic) bond motifs is 11. The van der Waals surface area contributed by atoms with Gasteiger partial charge in [0.1, 0.15) is 5.52 Å². The van der Waals surface area contributed by atoms with Crippen LogP contribution in [0.25, 0.3) is 78.2 Å². The van der Waals surface area contributed by atoms with Crippen LogP contribution >= 0.6 is 0 Å². The van der Waals surface area contributed by atoms with Crippen LogP contribution in [0.4, 0.5) is 0 Å². The maximum absolute atomic E-state index is 6.31. The van der Waals surface area contributed by atoms with Crippen molar-refractivity contribution in [3.05, 3.63) is 205 Å². The summed E-state index contributed by atoms with van der Waals surface area (Å²) in [4.78, 5) is 9.23. The van der Waals surface area contributed by atoms with Gasteiger partial charge in [0.05, 0.1) is 5.41 Å². The van der Waals surface area contributed by atoms with Crippen molar-refractivity contribution in [1.82, 2.24) is 9.97 Å². The van der Waals surface area contributed by atoms with E-state index in [-0.39, 0.29) is 5.41 Å². The van der Waals surface area contributed by atoms with Crippen molar-refractivity contribution in [3.8, 4) is 67.1 Å². The van der Waals surface area contributed by atoms with Crippen LogP contribution in [0.1, 0.15) is 22.3 Å². The highest BCUT2D eigenvalue weighted by Crippen LogP contribution is 2.63. The van der Waals surface area contributed by atoms with Gasteiger partial charge in [-0.05, 0) is 114 Å². The van der Waals surface area contributed by atoms with Crippen LogP contribution in [-0.4, -0.2) is 9.97 Å². The highest BCUT2D eigenvalue weighted by molar-refractivity contribution is 5.96. The van der Waals surface area contributed by atoms with E-state index in [1.54, 1.807) is 6.20 Å². The Morgan fingerprint density at radius 1 is 0.385 bits per heavy atom. The second-order valence-corrected chi connectivity index (χ2v) is 13.7. The summed E-state index contributed by atoms with van der Waals surface area (Å²) in [5.74, 6) is 0.619. The van der Waals surface area contributed by atoms with Crippen LogP contribution in [0, 0.1) is 0 Å². The average Bonchev–Trinajstić information content (AvgIpc) is 3.88. The molecule has 2 aliphatic carbocycles. The van der Waals surface area contributed by atoms with Gasteiger partial charge in [0.2, 0.25) is 5.89 Å². The summed E-state index contributed by atoms with van der Waals surface area (Å²) in [5, 5.41) is 0. The summed E-state index contributed by atoms with van der Waals surface area (Å²) < 4.78 is 6.31. The van der Waals surface area contributed by atoms with Crippen LogP contribution in [0.2, 0.25) is 0 Å². The fourth-order valence-electron chi connectivity index (χ4n) is 8.70. The molecule has 2 aliphatic rings. The first kappa shape index (κ1) is 28.9. The van der Waals surface area contributed by atoms with Crippen LogP contribution in [0.15, 0.2) is 187 Å². The number of hydrogen-bond acceptors (Lipinski definition) is 3. The topological polar surface area (TPSA) is 38.9 Å². The molecule has 0 bridgehead atoms. The SMILES string of the molecule is c1cncc(-c2ccc(-c3ccc(-c4nc5cc(-c6ccc7c(c6)C6(c8ccccc8-c8ccccc86)c6ccccc6-7)ccc5o4)cc3)cc2)c1. The van der Waals surface area contributed by atoms with Gasteiger partial charge in [0.15, 0.2) is 5.58 Å². The second kappa shape index (κ2) is 11.1. The normalized spacial score (nSPS) is 13.2. The number of pyridine rings is 1. The molecular weight excluding hydrogens is 633 g/mol. The summed E-state index contributed by atoms with van der Waals surface area (Å²) >= 11 is 0. The number of hydrogen-bond donors (Lipinski definition) is 0. The van der Waals surface area contributed by atoms with E-state index in [9.17, 15) is 0 Å². The zero-order valence-corrected chi connectivity index (χ0v) is 28.1. The molecule has 0 saturated heterocycles. The summed E-state index contributed by atoms with van der Waals surface area (Å²) in [5.41, 5.74) is 19.7. The van der Waals surface area contributed by atoms with Crippen molar-refractivity contribution in [3.63, 3.8) is 0 Å². The van der Waals surface area contributed by atoms with E-state index in [4.69, 9.17) is 9.40 Å². The largest absolute Gasteiger partial charge is 0.436 e. The molecule has 0 radical (unpaired) electrons. The standard InChI is InChI=1S/C49H30N2O/c1-4-12-42-38(9-1)39-10-2-5-13-43(39)49(42)44-14-6-3-11-40(44)41-25-23-35(28-45(41)49)36-24-26-47-46(29-36)51-48(52-47)34-21-19-32(20-22-34)31-15-17-33(18-16-31)37-8-7-27-50-30-37/h1-30H. The van der Waals surface area contributed by atoms with Gasteiger partial charge in [-0.3, -0.25) is 4.98 Å². The third-order valence-electron chi connectivity index (χ3n) is 11.1. The van der Waals surface area contributed by atoms with Crippen LogP contribution < -0.4 is 0 Å². The van der Waals surface area contributed by atoms with Crippen molar-refractivity contribution in [2.45, 2.75) is 5.41 Å². The molecule has 0 amide bonds. The van der Waals surface area contributed by atoms with Gasteiger partial charge < -0.3 is 4.42 Å². The lowest BCUT2D eigenvalue weighted by Gasteiger charge is -2.30. The molecule has 7 aromatic carbocycles. The molecule has 3 nitrogen and oxygen atoms in total. The predicted octanol–water partition coefficient (Wildman–Crippen LogP) is 12.2. The maximum Gasteiger partial charge on any atom is 0.227 e. The van der Waals surface area contributed by atoms with Crippen molar-refractivity contribution < 1.29 is 4.42 Å². The number of aromatic nitrogens is 2. The summed E-state index contributed by atoms with van der Waals surface area (Å²) in [6.07, 6.45) is 3.69. The molecule has 1 spiro atoms. The molecule has 3 heteroatoms. The Balaban J connectivity index is 0.957. The Labute approximate surface area is 301 Å². The van der Waals surface area contributed by atoms with Crippen LogP contribution in [0.5, 0.6) is 0 Å². The Kier molecular flexibility index (Phi) is 6.17. The van der Waals surface area contributed by atoms with Gasteiger partial charge in [-0.15, -0.1) is 0 Å². The molecule has 2 heterocycles. The van der Waals surface area contributed by atoms with Gasteiger partial charge in [-0.2, -0.15) is 0 Å². The second-order valence-electron chi connectivity index (χ2n) is 13.7. The van der Waals surface area contributed by atoms with Crippen molar-refractivity contribution in [1.29, 1.82) is 0 Å². The number of nitrogens with zero attached hydrogens (tertiary/aromatic N) is 2. The first-order valence-corrected chi connectivity index (χ1v) is 17.7. The van der Waals surface area contributed by atoms with Crippen LogP contribution in [0.3, 0.4) is 0 Å². The van der Waals surface area contributed by atoms with E-state index in [2.05, 4.69) is 169 Å². The quantitative estimate of drug-likeness (QED) is 0.188. The van der Waals surface area contributed by atoms with E-state index in [1.807, 2.05) is 12.3 Å². The predicted molar refractivity (Wildman–Crippen MR) is 210 cm³/mol. The van der Waals surface area contributed by atoms with Crippen LogP contribution in [-0.2, 0) is 5.41 Å². The van der Waals surface area contributed by atoms with Crippen molar-refractivity contribution in [2.24, 2.45) is 0 Å². The minimum Gasteiger partial charge on any atom is -0.436 e. The molecule has 9 aromatic rings. The Hall–Kier alpha value is -6.84. The molecule has 0 fully saturated rings. The Morgan fingerprint density at radius 3 is 1.48 bits per heavy atom. The molecule has 11 rings (SSSR count). The molecule has 52 heavy (non-hydrogen) atoms. The van der Waals surface area contributed by atoms with E-state index in [0.29, 0.717) is 5.89 Å². The van der Waals surface area contributed by atoms with E-state index < -0.39 is 0 Å². The van der Waals surface area contributed by atoms with E-state index >= 15 is 0 Å². The first-order chi connectivity index (χ1) is 25.8. The molecule has 0 N–H and O–H groups in total. The zero-order chi connectivity index (χ0) is 34.2. The molecule has 0 aliphatic heterocycles. The highest BCUT2D eigenvalue weighted by Gasteiger charge is 2.51. The van der Waals surface area contributed by atoms with Gasteiger partial charge in [0.25, 0.3) is 0 Å². The van der Waals surface area contributed by atoms with Gasteiger partial charge in [0, 0.05) is 18.0 Å². The molecule has 0 atom stereocenters. The summed E-state index contributed by atoms with van der Waals surface area (Å²) in [6, 6.07) is 61.3. The van der Waals surface area contributed by atoms with E-state index in [0.717, 1.165) is 50.0 Å². The van der Waals surface area contributed by atoms with Gasteiger partial charge >= 0.3 is 0 Å². The van der Waals surface area contributed by atoms with Crippen molar-refractivity contribution >= 4 is 11.1 Å². The lowest BCUT2D eigenvalue weighted by atomic mass is 9.70. The molecular formula is C49H30N2O. The molecule has 2 aromatic heterocycles. The fourth-order valence-corrected chi connectivity index (χ4v) is 8.70. The monoisotopic (exact) mass is 662 g/mol. The number of rotatable bonds is 4. The summed E-state index contributed by atoms with van der Waals surface area (Å²) in [6.45, 7) is 0. The molecule has 0 saturated carbocycles. The first-order valence-electron chi connectivity index (χ1n) is 17.7. The Morgan fingerprint density at radius 2 is 0.885 bits per heavy atom. The van der Waals surface area contributed by atoms with Gasteiger partial charge in [-0.25, -0.2) is 4.98 Å². The lowest BCUT2D eigenvalue weighted by Crippen LogP contribution is -2.25.